The fraction of sp³-hybridized carbons (Fsp3) is 1.00. The van der Waals surface area contributed by atoms with Crippen molar-refractivity contribution in [2.45, 2.75) is 61.8 Å². The zero-order valence-electron chi connectivity index (χ0n) is 16.2. The summed E-state index contributed by atoms with van der Waals surface area (Å²) in [6.07, 6.45) is -0.295. The summed E-state index contributed by atoms with van der Waals surface area (Å²) in [5, 5.41) is 5.68. The molecule has 1 N–H and O–H groups in total. The topological polar surface area (TPSA) is 38.7 Å². The van der Waals surface area contributed by atoms with Crippen LogP contribution in [0.15, 0.2) is 0 Å². The summed E-state index contributed by atoms with van der Waals surface area (Å²) in [5.41, 5.74) is 0.164. The molecule has 27 heavy (non-hydrogen) atoms. The van der Waals surface area contributed by atoms with Gasteiger partial charge in [0.25, 0.3) is 0 Å². The maximum atomic E-state index is 8.40. The standard InChI is InChI=1S/C5H11Cl3OSi.C5H12O.C4H8O.CH4.Cl4Si/c1-5(2,3)4-9-10(6,7)8;1-5(2,3)4-6;1-2-4-5-3-1;;1-5(2,3)4/h4H2,1-3H3;6H,4H2,1-3H3;1-4H2;1H4;. The lowest BCUT2D eigenvalue weighted by atomic mass is 9.99. The number of aliphatic hydroxyl groups is 1. The van der Waals surface area contributed by atoms with E-state index in [-0.39, 0.29) is 24.9 Å². The highest BCUT2D eigenvalue weighted by molar-refractivity contribution is 7.81. The van der Waals surface area contributed by atoms with Gasteiger partial charge in [-0.2, -0.15) is 0 Å². The van der Waals surface area contributed by atoms with Gasteiger partial charge in [-0.25, -0.2) is 0 Å². The maximum absolute atomic E-state index is 8.40. The Morgan fingerprint density at radius 3 is 1.19 bits per heavy atom. The van der Waals surface area contributed by atoms with Crippen LogP contribution < -0.4 is 0 Å². The second-order valence-electron chi connectivity index (χ2n) is 7.76. The van der Waals surface area contributed by atoms with E-state index in [1.165, 1.54) is 12.8 Å². The van der Waals surface area contributed by atoms with Crippen molar-refractivity contribution in [3.63, 3.8) is 0 Å². The average Bonchev–Trinajstić information content (AvgIpc) is 2.91. The lowest BCUT2D eigenvalue weighted by Gasteiger charge is -2.20. The third-order valence-corrected chi connectivity index (χ3v) is 3.42. The predicted octanol–water partition coefficient (Wildman–Crippen LogP) is 8.04. The van der Waals surface area contributed by atoms with Crippen molar-refractivity contribution < 1.29 is 14.3 Å². The molecule has 0 aromatic carbocycles. The minimum atomic E-state index is -2.85. The molecule has 0 radical (unpaired) electrons. The first-order chi connectivity index (χ1) is 11.3. The van der Waals surface area contributed by atoms with Gasteiger partial charge < -0.3 is 14.3 Å². The minimum absolute atomic E-state index is 0. The summed E-state index contributed by atoms with van der Waals surface area (Å²) in [6, 6.07) is 0. The van der Waals surface area contributed by atoms with E-state index in [0.29, 0.717) is 6.61 Å². The fourth-order valence-electron chi connectivity index (χ4n) is 0.809. The second-order valence-corrected chi connectivity index (χ2v) is 26.6. The van der Waals surface area contributed by atoms with Crippen molar-refractivity contribution in [1.82, 2.24) is 0 Å². The van der Waals surface area contributed by atoms with E-state index < -0.39 is 11.6 Å². The number of halogens is 7. The Hall–Kier alpha value is 2.34. The molecule has 3 nitrogen and oxygen atoms in total. The number of hydrogen-bond acceptors (Lipinski definition) is 3. The van der Waals surface area contributed by atoms with Crippen molar-refractivity contribution in [1.29, 1.82) is 0 Å². The average molecular weight is 568 g/mol. The van der Waals surface area contributed by atoms with E-state index in [1.807, 2.05) is 41.5 Å². The first-order valence-corrected chi connectivity index (χ1v) is 18.9. The molecule has 0 aromatic rings. The quantitative estimate of drug-likeness (QED) is 0.271. The molecular weight excluding hydrogens is 533 g/mol. The van der Waals surface area contributed by atoms with Gasteiger partial charge in [0.1, 0.15) is 0 Å². The van der Waals surface area contributed by atoms with Gasteiger partial charge >= 0.3 is 11.6 Å². The monoisotopic (exact) mass is 564 g/mol. The predicted molar refractivity (Wildman–Crippen MR) is 131 cm³/mol. The molecule has 12 heteroatoms. The van der Waals surface area contributed by atoms with Crippen LogP contribution in [0, 0.1) is 10.8 Å². The largest absolute Gasteiger partial charge is 0.493 e. The van der Waals surface area contributed by atoms with Gasteiger partial charge in [-0.3, -0.25) is 0 Å². The molecule has 0 aromatic heterocycles. The maximum Gasteiger partial charge on any atom is 0.493 e. The number of ether oxygens (including phenoxy) is 1. The summed E-state index contributed by atoms with van der Waals surface area (Å²) in [6.45, 7) is 14.8. The summed E-state index contributed by atoms with van der Waals surface area (Å²) < 4.78 is 9.97. The first kappa shape index (κ1) is 36.7. The van der Waals surface area contributed by atoms with Crippen LogP contribution >= 0.6 is 77.6 Å². The lowest BCUT2D eigenvalue weighted by molar-refractivity contribution is 0.177. The Labute approximate surface area is 201 Å². The molecule has 0 aliphatic carbocycles. The molecule has 0 saturated carbocycles. The van der Waals surface area contributed by atoms with Crippen molar-refractivity contribution in [2.24, 2.45) is 10.8 Å². The number of rotatable bonds is 2. The highest BCUT2D eigenvalue weighted by atomic mass is 36.0. The van der Waals surface area contributed by atoms with Gasteiger partial charge in [0.2, 0.25) is 0 Å². The Balaban J connectivity index is -0.000000135. The smallest absolute Gasteiger partial charge is 0.396 e. The third kappa shape index (κ3) is 65.4. The molecule has 0 amide bonds. The SMILES string of the molecule is C.C1CCOC1.CC(C)(C)CO.CC(C)(C)CO[Si](Cl)(Cl)Cl.Cl[Si](Cl)(Cl)Cl. The Kier molecular flexibility index (Phi) is 24.4. The highest BCUT2D eigenvalue weighted by Gasteiger charge is 2.29. The van der Waals surface area contributed by atoms with Crippen LogP contribution in [0.5, 0.6) is 0 Å². The van der Waals surface area contributed by atoms with Gasteiger partial charge in [0, 0.05) is 26.4 Å². The van der Waals surface area contributed by atoms with Crippen molar-refractivity contribution in [3.05, 3.63) is 0 Å². The van der Waals surface area contributed by atoms with Crippen LogP contribution in [-0.2, 0) is 9.16 Å². The second kappa shape index (κ2) is 18.0. The van der Waals surface area contributed by atoms with Crippen molar-refractivity contribution >= 4 is 89.1 Å². The fourth-order valence-corrected chi connectivity index (χ4v) is 1.90. The van der Waals surface area contributed by atoms with E-state index in [0.717, 1.165) is 13.2 Å². The van der Waals surface area contributed by atoms with Crippen LogP contribution in [0.2, 0.25) is 0 Å². The summed E-state index contributed by atoms with van der Waals surface area (Å²) >= 11 is 36.3. The Bertz CT molecular complexity index is 294. The lowest BCUT2D eigenvalue weighted by Crippen LogP contribution is -2.24. The molecule has 0 spiro atoms. The first-order valence-electron chi connectivity index (χ1n) is 7.92. The van der Waals surface area contributed by atoms with Gasteiger partial charge in [-0.05, 0) is 23.7 Å². The summed E-state index contributed by atoms with van der Waals surface area (Å²) in [4.78, 5) is 0. The normalized spacial score (nSPS) is 14.4. The Morgan fingerprint density at radius 2 is 1.11 bits per heavy atom. The van der Waals surface area contributed by atoms with Crippen LogP contribution in [0.4, 0.5) is 0 Å². The van der Waals surface area contributed by atoms with Crippen LogP contribution in [0.1, 0.15) is 61.8 Å². The van der Waals surface area contributed by atoms with Crippen molar-refractivity contribution in [2.75, 3.05) is 26.4 Å². The molecule has 1 heterocycles. The molecule has 1 aliphatic heterocycles. The van der Waals surface area contributed by atoms with Gasteiger partial charge in [0.05, 0.1) is 0 Å². The number of aliphatic hydroxyl groups excluding tert-OH is 1. The van der Waals surface area contributed by atoms with E-state index >= 15 is 0 Å². The molecule has 1 fully saturated rings. The molecule has 0 atom stereocenters. The van der Waals surface area contributed by atoms with Gasteiger partial charge in [0.15, 0.2) is 0 Å². The van der Waals surface area contributed by atoms with E-state index in [2.05, 4.69) is 0 Å². The zero-order valence-corrected chi connectivity index (χ0v) is 23.4. The van der Waals surface area contributed by atoms with Gasteiger partial charge in [-0.15, -0.1) is 44.3 Å². The molecular formula is C15H35Cl7O3Si2. The highest BCUT2D eigenvalue weighted by Crippen LogP contribution is 2.25. The van der Waals surface area contributed by atoms with Crippen molar-refractivity contribution in [3.8, 4) is 0 Å². The molecule has 170 valence electrons. The van der Waals surface area contributed by atoms with E-state index in [9.17, 15) is 0 Å². The Morgan fingerprint density at radius 1 is 0.815 bits per heavy atom. The minimum Gasteiger partial charge on any atom is -0.396 e. The summed E-state index contributed by atoms with van der Waals surface area (Å²) in [7, 11) is 0. The molecule has 1 saturated heterocycles. The zero-order chi connectivity index (χ0) is 21.7. The van der Waals surface area contributed by atoms with Gasteiger partial charge in [-0.1, -0.05) is 82.2 Å². The molecule has 0 bridgehead atoms. The van der Waals surface area contributed by atoms with Crippen LogP contribution in [-0.4, -0.2) is 43.1 Å². The molecule has 0 unspecified atom stereocenters. The molecule has 1 aliphatic rings. The summed E-state index contributed by atoms with van der Waals surface area (Å²) in [5.74, 6) is 0. The van der Waals surface area contributed by atoms with Crippen LogP contribution in [0.3, 0.4) is 0 Å². The van der Waals surface area contributed by atoms with E-state index in [1.54, 1.807) is 0 Å². The third-order valence-electron chi connectivity index (χ3n) is 1.97. The van der Waals surface area contributed by atoms with E-state index in [4.69, 9.17) is 91.8 Å². The number of hydrogen-bond donors (Lipinski definition) is 1. The van der Waals surface area contributed by atoms with Crippen LogP contribution in [0.25, 0.3) is 0 Å². The molecule has 1 rings (SSSR count).